The number of benzene rings is 1. The lowest BCUT2D eigenvalue weighted by atomic mass is 10.3. The third-order valence-electron chi connectivity index (χ3n) is 2.89. The number of nitrogens with one attached hydrogen (secondary N) is 1. The summed E-state index contributed by atoms with van der Waals surface area (Å²) in [4.78, 5) is 15.9. The highest BCUT2D eigenvalue weighted by Gasteiger charge is 2.15. The van der Waals surface area contributed by atoms with Gasteiger partial charge in [0, 0.05) is 16.5 Å². The molecular formula is C15H12FN3O4S. The molecule has 1 atom stereocenters. The molecule has 7 nitrogen and oxygen atoms in total. The van der Waals surface area contributed by atoms with Gasteiger partial charge in [0.2, 0.25) is 17.6 Å². The third-order valence-corrected chi connectivity index (χ3v) is 4.05. The molecule has 1 amide bonds. The van der Waals surface area contributed by atoms with E-state index in [0.717, 1.165) is 0 Å². The van der Waals surface area contributed by atoms with Crippen molar-refractivity contribution in [2.75, 3.05) is 11.1 Å². The average Bonchev–Trinajstić information content (AvgIpc) is 3.17. The fraction of sp³-hybridized carbons (Fsp3) is 0.133. The molecule has 2 heterocycles. The van der Waals surface area contributed by atoms with E-state index in [1.165, 1.54) is 30.5 Å². The van der Waals surface area contributed by atoms with Crippen LogP contribution in [0.1, 0.15) is 5.89 Å². The van der Waals surface area contributed by atoms with Gasteiger partial charge in [-0.2, -0.15) is 4.98 Å². The summed E-state index contributed by atoms with van der Waals surface area (Å²) in [6.07, 6.45) is 1.47. The summed E-state index contributed by atoms with van der Waals surface area (Å²) in [7, 11) is -1.55. The normalized spacial score (nSPS) is 12.0. The van der Waals surface area contributed by atoms with E-state index in [1.807, 2.05) is 0 Å². The average molecular weight is 349 g/mol. The molecule has 0 spiro atoms. The molecule has 1 aromatic carbocycles. The molecule has 0 radical (unpaired) electrons. The Morgan fingerprint density at radius 2 is 2.17 bits per heavy atom. The molecular weight excluding hydrogens is 337 g/mol. The molecule has 0 fully saturated rings. The van der Waals surface area contributed by atoms with Gasteiger partial charge in [-0.05, 0) is 30.3 Å². The Kier molecular flexibility index (Phi) is 4.80. The van der Waals surface area contributed by atoms with Crippen molar-refractivity contribution in [1.82, 2.24) is 10.1 Å². The van der Waals surface area contributed by atoms with E-state index in [0.29, 0.717) is 11.4 Å². The lowest BCUT2D eigenvalue weighted by Crippen LogP contribution is -2.20. The molecule has 124 valence electrons. The van der Waals surface area contributed by atoms with Crippen LogP contribution in [0.15, 0.2) is 51.6 Å². The maximum Gasteiger partial charge on any atom is 0.239 e. The Balaban J connectivity index is 1.54. The minimum Gasteiger partial charge on any atom is -0.461 e. The van der Waals surface area contributed by atoms with Crippen LogP contribution in [0.4, 0.5) is 10.1 Å². The van der Waals surface area contributed by atoms with Crippen molar-refractivity contribution >= 4 is 22.4 Å². The van der Waals surface area contributed by atoms with Gasteiger partial charge in [0.1, 0.15) is 17.3 Å². The van der Waals surface area contributed by atoms with E-state index in [9.17, 15) is 13.4 Å². The van der Waals surface area contributed by atoms with Crippen LogP contribution in [0.3, 0.4) is 0 Å². The first-order valence-electron chi connectivity index (χ1n) is 6.87. The zero-order valence-electron chi connectivity index (χ0n) is 12.3. The zero-order chi connectivity index (χ0) is 16.9. The number of rotatable bonds is 6. The molecule has 0 saturated heterocycles. The number of hydrogen-bond donors (Lipinski definition) is 1. The topological polar surface area (TPSA) is 98.2 Å². The number of nitrogens with zero attached hydrogens (tertiary/aromatic N) is 2. The van der Waals surface area contributed by atoms with Crippen LogP contribution in [0.5, 0.6) is 0 Å². The second-order valence-electron chi connectivity index (χ2n) is 4.78. The van der Waals surface area contributed by atoms with E-state index in [4.69, 9.17) is 8.94 Å². The molecule has 1 unspecified atom stereocenters. The lowest BCUT2D eigenvalue weighted by Gasteiger charge is -2.04. The molecule has 0 aliphatic heterocycles. The van der Waals surface area contributed by atoms with E-state index in [1.54, 1.807) is 12.1 Å². The van der Waals surface area contributed by atoms with Crippen molar-refractivity contribution < 1.29 is 22.3 Å². The van der Waals surface area contributed by atoms with E-state index < -0.39 is 22.5 Å². The number of halogens is 1. The van der Waals surface area contributed by atoms with Crippen LogP contribution in [-0.2, 0) is 21.3 Å². The predicted molar refractivity (Wildman–Crippen MR) is 83.7 cm³/mol. The SMILES string of the molecule is O=C(CS(=O)Cc1nc(-c2ccco2)no1)Nc1cccc(F)c1. The van der Waals surface area contributed by atoms with E-state index >= 15 is 0 Å². The van der Waals surface area contributed by atoms with Crippen LogP contribution < -0.4 is 5.32 Å². The van der Waals surface area contributed by atoms with Crippen molar-refractivity contribution in [3.05, 3.63) is 54.4 Å². The molecule has 0 saturated carbocycles. The van der Waals surface area contributed by atoms with Crippen molar-refractivity contribution in [2.24, 2.45) is 0 Å². The quantitative estimate of drug-likeness (QED) is 0.733. The zero-order valence-corrected chi connectivity index (χ0v) is 13.1. The highest BCUT2D eigenvalue weighted by Crippen LogP contribution is 2.16. The Morgan fingerprint density at radius 1 is 1.29 bits per heavy atom. The first-order chi connectivity index (χ1) is 11.6. The van der Waals surface area contributed by atoms with Crippen molar-refractivity contribution in [2.45, 2.75) is 5.75 Å². The summed E-state index contributed by atoms with van der Waals surface area (Å²) < 4.78 is 35.1. The van der Waals surface area contributed by atoms with Gasteiger partial charge in [-0.1, -0.05) is 11.2 Å². The summed E-state index contributed by atoms with van der Waals surface area (Å²) in [5.41, 5.74) is 0.301. The predicted octanol–water partition coefficient (Wildman–Crippen LogP) is 2.36. The summed E-state index contributed by atoms with van der Waals surface area (Å²) in [5.74, 6) is -0.483. The monoisotopic (exact) mass is 349 g/mol. The van der Waals surface area contributed by atoms with Gasteiger partial charge in [0.05, 0.1) is 6.26 Å². The van der Waals surface area contributed by atoms with Gasteiger partial charge >= 0.3 is 0 Å². The number of aromatic nitrogens is 2. The molecule has 2 aromatic heterocycles. The molecule has 24 heavy (non-hydrogen) atoms. The van der Waals surface area contributed by atoms with E-state index in [2.05, 4.69) is 15.5 Å². The fourth-order valence-electron chi connectivity index (χ4n) is 1.92. The van der Waals surface area contributed by atoms with Crippen LogP contribution >= 0.6 is 0 Å². The van der Waals surface area contributed by atoms with Crippen molar-refractivity contribution in [1.29, 1.82) is 0 Å². The van der Waals surface area contributed by atoms with Crippen LogP contribution in [-0.4, -0.2) is 26.0 Å². The smallest absolute Gasteiger partial charge is 0.239 e. The summed E-state index contributed by atoms with van der Waals surface area (Å²) >= 11 is 0. The summed E-state index contributed by atoms with van der Waals surface area (Å²) in [6, 6.07) is 8.79. The van der Waals surface area contributed by atoms with Gasteiger partial charge < -0.3 is 14.3 Å². The largest absolute Gasteiger partial charge is 0.461 e. The Morgan fingerprint density at radius 3 is 2.92 bits per heavy atom. The second-order valence-corrected chi connectivity index (χ2v) is 6.23. The number of carbonyl (C=O) groups excluding carboxylic acids is 1. The molecule has 1 N–H and O–H groups in total. The van der Waals surface area contributed by atoms with Gasteiger partial charge in [-0.3, -0.25) is 9.00 Å². The maximum absolute atomic E-state index is 13.0. The number of hydrogen-bond acceptors (Lipinski definition) is 6. The molecule has 0 aliphatic rings. The third kappa shape index (κ3) is 4.13. The van der Waals surface area contributed by atoms with Gasteiger partial charge in [0.15, 0.2) is 5.76 Å². The molecule has 9 heteroatoms. The maximum atomic E-state index is 13.0. The number of carbonyl (C=O) groups is 1. The standard InChI is InChI=1S/C15H12FN3O4S/c16-10-3-1-4-11(7-10)17-13(20)8-24(21)9-14-18-15(19-23-14)12-5-2-6-22-12/h1-7H,8-9H2,(H,17,20). The fourth-order valence-corrected chi connectivity index (χ4v) is 2.78. The van der Waals surface area contributed by atoms with Crippen molar-refractivity contribution in [3.8, 4) is 11.6 Å². The van der Waals surface area contributed by atoms with Crippen LogP contribution in [0.25, 0.3) is 11.6 Å². The minimum atomic E-state index is -1.55. The van der Waals surface area contributed by atoms with Crippen LogP contribution in [0.2, 0.25) is 0 Å². The highest BCUT2D eigenvalue weighted by molar-refractivity contribution is 7.84. The van der Waals surface area contributed by atoms with Gasteiger partial charge in [-0.25, -0.2) is 4.39 Å². The summed E-state index contributed by atoms with van der Waals surface area (Å²) in [6.45, 7) is 0. The van der Waals surface area contributed by atoms with Gasteiger partial charge in [-0.15, -0.1) is 0 Å². The molecule has 3 rings (SSSR count). The highest BCUT2D eigenvalue weighted by atomic mass is 32.2. The molecule has 0 bridgehead atoms. The number of anilines is 1. The van der Waals surface area contributed by atoms with Crippen molar-refractivity contribution in [3.63, 3.8) is 0 Å². The second kappa shape index (κ2) is 7.18. The summed E-state index contributed by atoms with van der Waals surface area (Å²) in [5, 5.41) is 6.19. The van der Waals surface area contributed by atoms with E-state index in [-0.39, 0.29) is 23.2 Å². The first kappa shape index (κ1) is 16.1. The molecule has 0 aliphatic carbocycles. The molecule has 3 aromatic rings. The Labute approximate surface area is 138 Å². The number of amides is 1. The number of furan rings is 1. The lowest BCUT2D eigenvalue weighted by molar-refractivity contribution is -0.113. The van der Waals surface area contributed by atoms with Gasteiger partial charge in [0.25, 0.3) is 0 Å². The van der Waals surface area contributed by atoms with Crippen LogP contribution in [0, 0.1) is 5.82 Å². The Bertz CT molecular complexity index is 863. The minimum absolute atomic E-state index is 0.0652. The first-order valence-corrected chi connectivity index (χ1v) is 8.36. The Hall–Kier alpha value is -2.81.